The molecule has 170 valence electrons. The van der Waals surface area contributed by atoms with E-state index in [1.54, 1.807) is 11.3 Å². The number of thiophene rings is 1. The zero-order chi connectivity index (χ0) is 24.8. The lowest BCUT2D eigenvalue weighted by molar-refractivity contribution is 1.11. The quantitative estimate of drug-likeness (QED) is 0.246. The number of benzene rings is 5. The van der Waals surface area contributed by atoms with Gasteiger partial charge in [0.15, 0.2) is 0 Å². The Kier molecular flexibility index (Phi) is 4.75. The highest BCUT2D eigenvalue weighted by Crippen LogP contribution is 2.42. The number of hydrogen-bond acceptors (Lipinski definition) is 2. The Bertz CT molecular complexity index is 1830. The molecule has 0 bridgehead atoms. The molecule has 0 N–H and O–H groups in total. The maximum absolute atomic E-state index is 8.27. The molecule has 0 saturated heterocycles. The van der Waals surface area contributed by atoms with Gasteiger partial charge in [-0.3, -0.25) is 4.57 Å². The first-order valence-corrected chi connectivity index (χ1v) is 12.9. The molecule has 0 amide bonds. The van der Waals surface area contributed by atoms with Gasteiger partial charge in [0.2, 0.25) is 0 Å². The van der Waals surface area contributed by atoms with Gasteiger partial charge in [-0.25, -0.2) is 4.98 Å². The molecule has 0 radical (unpaired) electrons. The second-order valence-corrected chi connectivity index (χ2v) is 9.68. The van der Waals surface area contributed by atoms with Crippen LogP contribution in [0.2, 0.25) is 0 Å². The van der Waals surface area contributed by atoms with Crippen LogP contribution in [0.25, 0.3) is 60.4 Å². The summed E-state index contributed by atoms with van der Waals surface area (Å²) in [6.07, 6.45) is 0. The Hall–Kier alpha value is -4.47. The summed E-state index contributed by atoms with van der Waals surface area (Å²) in [5.74, 6) is 0.888. The predicted octanol–water partition coefficient (Wildman–Crippen LogP) is 9.24. The van der Waals surface area contributed by atoms with Gasteiger partial charge in [-0.15, -0.1) is 11.3 Å². The van der Waals surface area contributed by atoms with Crippen molar-refractivity contribution in [2.24, 2.45) is 0 Å². The Morgan fingerprint density at radius 2 is 1.28 bits per heavy atom. The summed E-state index contributed by atoms with van der Waals surface area (Å²) in [7, 11) is 0. The molecule has 0 aliphatic heterocycles. The second-order valence-electron chi connectivity index (χ2n) is 8.76. The van der Waals surface area contributed by atoms with Crippen molar-refractivity contribution < 1.29 is 1.37 Å². The summed E-state index contributed by atoms with van der Waals surface area (Å²) in [6, 6.07) is 42.3. The van der Waals surface area contributed by atoms with Crippen LogP contribution in [0, 0.1) is 0 Å². The molecule has 0 aliphatic carbocycles. The third-order valence-electron chi connectivity index (χ3n) is 6.65. The summed E-state index contributed by atoms with van der Waals surface area (Å²) in [4.78, 5) is 5.19. The Morgan fingerprint density at radius 3 is 2.00 bits per heavy atom. The van der Waals surface area contributed by atoms with Gasteiger partial charge in [0.1, 0.15) is 5.82 Å². The summed E-state index contributed by atoms with van der Waals surface area (Å²) in [5, 5.41) is 3.24. The molecule has 2 nitrogen and oxygen atoms in total. The van der Waals surface area contributed by atoms with Gasteiger partial charge in [-0.1, -0.05) is 109 Å². The molecule has 0 atom stereocenters. The molecule has 2 heterocycles. The van der Waals surface area contributed by atoms with Crippen LogP contribution >= 0.6 is 11.3 Å². The van der Waals surface area contributed by atoms with Crippen molar-refractivity contribution in [3.63, 3.8) is 0 Å². The zero-order valence-electron chi connectivity index (χ0n) is 20.4. The Labute approximate surface area is 215 Å². The molecule has 0 aliphatic rings. The minimum absolute atomic E-state index is 0.504. The maximum Gasteiger partial charge on any atom is 0.147 e. The van der Waals surface area contributed by atoms with Crippen LogP contribution in [0.1, 0.15) is 1.37 Å². The predicted molar refractivity (Wildman–Crippen MR) is 153 cm³/mol. The minimum Gasteiger partial charge on any atom is -0.291 e. The summed E-state index contributed by atoms with van der Waals surface area (Å²) < 4.78 is 11.7. The maximum atomic E-state index is 8.27. The van der Waals surface area contributed by atoms with E-state index in [0.717, 1.165) is 60.4 Å². The van der Waals surface area contributed by atoms with Crippen molar-refractivity contribution >= 4 is 32.5 Å². The lowest BCUT2D eigenvalue weighted by Gasteiger charge is -2.19. The van der Waals surface area contributed by atoms with Gasteiger partial charge in [0.05, 0.1) is 18.1 Å². The third-order valence-corrected chi connectivity index (χ3v) is 7.61. The topological polar surface area (TPSA) is 17.8 Å². The number of rotatable bonds is 4. The van der Waals surface area contributed by atoms with Gasteiger partial charge in [0, 0.05) is 32.2 Å². The summed E-state index contributed by atoms with van der Waals surface area (Å²) in [6.45, 7) is 0. The van der Waals surface area contributed by atoms with Crippen LogP contribution < -0.4 is 0 Å². The van der Waals surface area contributed by atoms with Crippen LogP contribution in [0.15, 0.2) is 133 Å². The van der Waals surface area contributed by atoms with E-state index >= 15 is 0 Å². The second kappa shape index (κ2) is 8.63. The number of fused-ring (bicyclic) bond motifs is 2. The van der Waals surface area contributed by atoms with E-state index in [2.05, 4.69) is 107 Å². The van der Waals surface area contributed by atoms with Crippen LogP contribution in [0.3, 0.4) is 0 Å². The Balaban J connectivity index is 1.63. The average Bonchev–Trinajstić information content (AvgIpc) is 3.54. The Morgan fingerprint density at radius 1 is 0.611 bits per heavy atom. The molecule has 0 fully saturated rings. The average molecular weight is 480 g/mol. The van der Waals surface area contributed by atoms with E-state index in [0.29, 0.717) is 6.04 Å². The van der Waals surface area contributed by atoms with Crippen molar-refractivity contribution in [2.75, 3.05) is 0 Å². The molecule has 0 spiro atoms. The van der Waals surface area contributed by atoms with Crippen molar-refractivity contribution in [3.8, 4) is 39.3 Å². The SMILES string of the molecule is [2H]c1ccc2scc(-c3nc4ccccc4n3-c3c(-c4ccccc4)cccc3-c3ccccc3)c2c1. The monoisotopic (exact) mass is 479 g/mol. The minimum atomic E-state index is 0.504. The first kappa shape index (κ1) is 19.8. The fraction of sp³-hybridized carbons (Fsp3) is 0. The number of aromatic nitrogens is 2. The van der Waals surface area contributed by atoms with Crippen molar-refractivity contribution in [3.05, 3.63) is 133 Å². The molecule has 7 aromatic rings. The lowest BCUT2D eigenvalue weighted by atomic mass is 9.95. The van der Waals surface area contributed by atoms with Gasteiger partial charge in [0.25, 0.3) is 0 Å². The first-order valence-electron chi connectivity index (χ1n) is 12.5. The molecule has 7 rings (SSSR count). The number of para-hydroxylation sites is 3. The van der Waals surface area contributed by atoms with Crippen LogP contribution in [-0.2, 0) is 0 Å². The largest absolute Gasteiger partial charge is 0.291 e. The van der Waals surface area contributed by atoms with Gasteiger partial charge >= 0.3 is 0 Å². The number of hydrogen-bond donors (Lipinski definition) is 0. The highest BCUT2D eigenvalue weighted by Gasteiger charge is 2.22. The fourth-order valence-electron chi connectivity index (χ4n) is 5.01. The summed E-state index contributed by atoms with van der Waals surface area (Å²) in [5.41, 5.74) is 8.75. The fourth-order valence-corrected chi connectivity index (χ4v) is 5.93. The molecular weight excluding hydrogens is 456 g/mol. The molecule has 2 aromatic heterocycles. The highest BCUT2D eigenvalue weighted by atomic mass is 32.1. The van der Waals surface area contributed by atoms with Crippen molar-refractivity contribution in [1.29, 1.82) is 0 Å². The standard InChI is InChI=1S/C33H22N2S/c1-3-12-23(13-4-1)25-17-11-18-26(24-14-5-2-6-15-24)32(25)35-30-20-9-8-19-29(30)34-33(35)28-22-36-31-21-10-7-16-27(28)31/h1-22H/i7D. The number of nitrogens with zero attached hydrogens (tertiary/aromatic N) is 2. The van der Waals surface area contributed by atoms with Crippen LogP contribution in [-0.4, -0.2) is 9.55 Å². The lowest BCUT2D eigenvalue weighted by Crippen LogP contribution is -2.03. The summed E-state index contributed by atoms with van der Waals surface area (Å²) >= 11 is 1.70. The van der Waals surface area contributed by atoms with E-state index in [1.165, 1.54) is 0 Å². The molecular formula is C33H22N2S. The van der Waals surface area contributed by atoms with Gasteiger partial charge < -0.3 is 0 Å². The molecule has 0 saturated carbocycles. The van der Waals surface area contributed by atoms with Gasteiger partial charge in [-0.05, 0) is 29.3 Å². The first-order chi connectivity index (χ1) is 18.3. The van der Waals surface area contributed by atoms with E-state index in [4.69, 9.17) is 6.35 Å². The van der Waals surface area contributed by atoms with E-state index in [1.807, 2.05) is 24.3 Å². The molecule has 5 aromatic carbocycles. The van der Waals surface area contributed by atoms with Gasteiger partial charge in [-0.2, -0.15) is 0 Å². The molecule has 0 unspecified atom stereocenters. The molecule has 36 heavy (non-hydrogen) atoms. The third kappa shape index (κ3) is 3.36. The van der Waals surface area contributed by atoms with Crippen LogP contribution in [0.5, 0.6) is 0 Å². The van der Waals surface area contributed by atoms with E-state index in [9.17, 15) is 0 Å². The zero-order valence-corrected chi connectivity index (χ0v) is 20.2. The van der Waals surface area contributed by atoms with Crippen molar-refractivity contribution in [2.45, 2.75) is 0 Å². The van der Waals surface area contributed by atoms with E-state index in [-0.39, 0.29) is 0 Å². The smallest absolute Gasteiger partial charge is 0.147 e. The molecule has 3 heteroatoms. The van der Waals surface area contributed by atoms with Crippen LogP contribution in [0.4, 0.5) is 0 Å². The normalized spacial score (nSPS) is 11.7. The van der Waals surface area contributed by atoms with Crippen molar-refractivity contribution in [1.82, 2.24) is 9.55 Å². The highest BCUT2D eigenvalue weighted by molar-refractivity contribution is 7.17. The van der Waals surface area contributed by atoms with E-state index < -0.39 is 0 Å². The number of imidazole rings is 1.